The predicted octanol–water partition coefficient (Wildman–Crippen LogP) is 1.25. The molecule has 3 aromatic heterocycles. The first-order chi connectivity index (χ1) is 12.7. The summed E-state index contributed by atoms with van der Waals surface area (Å²) >= 11 is 1.58. The van der Waals surface area contributed by atoms with Crippen molar-refractivity contribution in [3.8, 4) is 0 Å². The molecule has 1 atom stereocenters. The van der Waals surface area contributed by atoms with Gasteiger partial charge in [-0.2, -0.15) is 5.10 Å². The summed E-state index contributed by atoms with van der Waals surface area (Å²) in [6.07, 6.45) is 6.07. The molecule has 0 fully saturated rings. The second-order valence-electron chi connectivity index (χ2n) is 5.86. The van der Waals surface area contributed by atoms with E-state index >= 15 is 0 Å². The first-order valence-electron chi connectivity index (χ1n) is 8.10. The number of amides is 2. The number of hydrogen-bond donors (Lipinski definition) is 1. The maximum atomic E-state index is 12.7. The molecule has 0 saturated heterocycles. The summed E-state index contributed by atoms with van der Waals surface area (Å²) in [7, 11) is 0. The molecule has 26 heavy (non-hydrogen) atoms. The Bertz CT molecular complexity index is 909. The van der Waals surface area contributed by atoms with E-state index in [0.29, 0.717) is 13.1 Å². The molecule has 4 rings (SSSR count). The van der Waals surface area contributed by atoms with Gasteiger partial charge in [0.25, 0.3) is 5.91 Å². The molecular formula is C17H16N6O2S. The first kappa shape index (κ1) is 16.4. The SMILES string of the molecule is O=C(NCc1cccs1)[C@H]1CN(C(=O)c2cnccn2)Cc2ccnn21. The predicted molar refractivity (Wildman–Crippen MR) is 94.2 cm³/mol. The van der Waals surface area contributed by atoms with Crippen molar-refractivity contribution in [2.75, 3.05) is 6.54 Å². The highest BCUT2D eigenvalue weighted by Gasteiger charge is 2.33. The van der Waals surface area contributed by atoms with E-state index in [1.165, 1.54) is 18.6 Å². The van der Waals surface area contributed by atoms with E-state index < -0.39 is 6.04 Å². The van der Waals surface area contributed by atoms with Crippen LogP contribution in [-0.4, -0.2) is 43.0 Å². The second-order valence-corrected chi connectivity index (χ2v) is 6.89. The van der Waals surface area contributed by atoms with Crippen LogP contribution >= 0.6 is 11.3 Å². The summed E-state index contributed by atoms with van der Waals surface area (Å²) in [4.78, 5) is 36.1. The van der Waals surface area contributed by atoms with Crippen molar-refractivity contribution >= 4 is 23.2 Å². The molecule has 1 aliphatic heterocycles. The van der Waals surface area contributed by atoms with E-state index in [0.717, 1.165) is 10.6 Å². The maximum absolute atomic E-state index is 12.7. The van der Waals surface area contributed by atoms with Gasteiger partial charge < -0.3 is 10.2 Å². The number of aromatic nitrogens is 4. The Labute approximate surface area is 153 Å². The van der Waals surface area contributed by atoms with Gasteiger partial charge in [0, 0.05) is 23.5 Å². The van der Waals surface area contributed by atoms with Gasteiger partial charge >= 0.3 is 0 Å². The normalized spacial score (nSPS) is 16.2. The van der Waals surface area contributed by atoms with E-state index in [2.05, 4.69) is 20.4 Å². The van der Waals surface area contributed by atoms with Gasteiger partial charge in [-0.25, -0.2) is 4.98 Å². The van der Waals surface area contributed by atoms with Crippen LogP contribution in [0.1, 0.15) is 27.1 Å². The van der Waals surface area contributed by atoms with E-state index in [1.54, 1.807) is 27.1 Å². The van der Waals surface area contributed by atoms with Gasteiger partial charge in [-0.15, -0.1) is 11.3 Å². The molecule has 0 aromatic carbocycles. The van der Waals surface area contributed by atoms with Crippen LogP contribution in [0.5, 0.6) is 0 Å². The zero-order chi connectivity index (χ0) is 17.9. The number of carbonyl (C=O) groups is 2. The summed E-state index contributed by atoms with van der Waals surface area (Å²) in [5.41, 5.74) is 1.07. The third-order valence-corrected chi connectivity index (χ3v) is 5.06. The van der Waals surface area contributed by atoms with Crippen molar-refractivity contribution in [3.05, 3.63) is 64.6 Å². The molecule has 0 saturated carbocycles. The van der Waals surface area contributed by atoms with Crippen LogP contribution in [0.3, 0.4) is 0 Å². The quantitative estimate of drug-likeness (QED) is 0.748. The molecule has 0 aliphatic carbocycles. The lowest BCUT2D eigenvalue weighted by Gasteiger charge is -2.32. The van der Waals surface area contributed by atoms with Crippen molar-refractivity contribution in [1.29, 1.82) is 0 Å². The largest absolute Gasteiger partial charge is 0.349 e. The van der Waals surface area contributed by atoms with Crippen molar-refractivity contribution in [3.63, 3.8) is 0 Å². The molecule has 9 heteroatoms. The number of thiophene rings is 1. The lowest BCUT2D eigenvalue weighted by Crippen LogP contribution is -2.47. The molecule has 3 aromatic rings. The van der Waals surface area contributed by atoms with Gasteiger partial charge in [-0.05, 0) is 17.5 Å². The zero-order valence-corrected chi connectivity index (χ0v) is 14.6. The maximum Gasteiger partial charge on any atom is 0.274 e. The first-order valence-corrected chi connectivity index (χ1v) is 8.98. The van der Waals surface area contributed by atoms with Crippen LogP contribution in [0.4, 0.5) is 0 Å². The zero-order valence-electron chi connectivity index (χ0n) is 13.8. The lowest BCUT2D eigenvalue weighted by atomic mass is 10.1. The fraction of sp³-hybridized carbons (Fsp3) is 0.235. The number of carbonyl (C=O) groups excluding carboxylic acids is 2. The Hall–Kier alpha value is -3.07. The molecular weight excluding hydrogens is 352 g/mol. The van der Waals surface area contributed by atoms with Crippen LogP contribution in [-0.2, 0) is 17.9 Å². The Kier molecular flexibility index (Phi) is 4.44. The minimum absolute atomic E-state index is 0.167. The minimum atomic E-state index is -0.575. The standard InChI is InChI=1S/C17H16N6O2S/c24-16(20-8-13-2-1-7-26-13)15-11-22(10-12-3-4-21-23(12)15)17(25)14-9-18-5-6-19-14/h1-7,9,15H,8,10-11H2,(H,20,24)/t15-/m1/s1. The molecule has 0 bridgehead atoms. The van der Waals surface area contributed by atoms with Crippen molar-refractivity contribution < 1.29 is 9.59 Å². The summed E-state index contributed by atoms with van der Waals surface area (Å²) in [5.74, 6) is -0.415. The molecule has 132 valence electrons. The van der Waals surface area contributed by atoms with Gasteiger partial charge in [0.05, 0.1) is 31.5 Å². The number of hydrogen-bond acceptors (Lipinski definition) is 6. The summed E-state index contributed by atoms with van der Waals surface area (Å²) in [6, 6.07) is 5.15. The Morgan fingerprint density at radius 3 is 2.96 bits per heavy atom. The second kappa shape index (κ2) is 7.04. The number of rotatable bonds is 4. The van der Waals surface area contributed by atoms with Crippen LogP contribution in [0.15, 0.2) is 48.4 Å². The molecule has 0 spiro atoms. The minimum Gasteiger partial charge on any atom is -0.349 e. The van der Waals surface area contributed by atoms with Gasteiger partial charge in [0.2, 0.25) is 5.91 Å². The monoisotopic (exact) mass is 368 g/mol. The highest BCUT2D eigenvalue weighted by Crippen LogP contribution is 2.22. The van der Waals surface area contributed by atoms with Crippen molar-refractivity contribution in [1.82, 2.24) is 30.0 Å². The third kappa shape index (κ3) is 3.21. The average molecular weight is 368 g/mol. The average Bonchev–Trinajstić information content (AvgIpc) is 3.36. The molecule has 8 nitrogen and oxygen atoms in total. The van der Waals surface area contributed by atoms with Crippen LogP contribution < -0.4 is 5.32 Å². The van der Waals surface area contributed by atoms with Crippen molar-refractivity contribution in [2.45, 2.75) is 19.1 Å². The summed E-state index contributed by atoms with van der Waals surface area (Å²) in [6.45, 7) is 1.08. The molecule has 0 radical (unpaired) electrons. The molecule has 0 unspecified atom stereocenters. The number of fused-ring (bicyclic) bond motifs is 1. The fourth-order valence-electron chi connectivity index (χ4n) is 2.92. The fourth-order valence-corrected chi connectivity index (χ4v) is 3.56. The topological polar surface area (TPSA) is 93.0 Å². The lowest BCUT2D eigenvalue weighted by molar-refractivity contribution is -0.125. The summed E-state index contributed by atoms with van der Waals surface area (Å²) < 4.78 is 1.68. The molecule has 1 N–H and O–H groups in total. The van der Waals surface area contributed by atoms with E-state index in [-0.39, 0.29) is 24.1 Å². The molecule has 2 amide bonds. The van der Waals surface area contributed by atoms with Gasteiger partial charge in [0.15, 0.2) is 0 Å². The van der Waals surface area contributed by atoms with E-state index in [4.69, 9.17) is 0 Å². The van der Waals surface area contributed by atoms with Gasteiger partial charge in [-0.1, -0.05) is 6.07 Å². The van der Waals surface area contributed by atoms with Gasteiger partial charge in [-0.3, -0.25) is 19.3 Å². The smallest absolute Gasteiger partial charge is 0.274 e. The van der Waals surface area contributed by atoms with Crippen molar-refractivity contribution in [2.24, 2.45) is 0 Å². The highest BCUT2D eigenvalue weighted by molar-refractivity contribution is 7.09. The van der Waals surface area contributed by atoms with Crippen LogP contribution in [0, 0.1) is 0 Å². The van der Waals surface area contributed by atoms with E-state index in [9.17, 15) is 9.59 Å². The molecule has 1 aliphatic rings. The highest BCUT2D eigenvalue weighted by atomic mass is 32.1. The van der Waals surface area contributed by atoms with Gasteiger partial charge in [0.1, 0.15) is 11.7 Å². The van der Waals surface area contributed by atoms with Crippen LogP contribution in [0.25, 0.3) is 0 Å². The Balaban J connectivity index is 1.53. The summed E-state index contributed by atoms with van der Waals surface area (Å²) in [5, 5.41) is 9.16. The van der Waals surface area contributed by atoms with E-state index in [1.807, 2.05) is 23.6 Å². The van der Waals surface area contributed by atoms with Crippen LogP contribution in [0.2, 0.25) is 0 Å². The third-order valence-electron chi connectivity index (χ3n) is 4.18. The number of nitrogens with zero attached hydrogens (tertiary/aromatic N) is 5. The number of nitrogens with one attached hydrogen (secondary N) is 1. The Morgan fingerprint density at radius 1 is 1.27 bits per heavy atom. The molecule has 4 heterocycles. The Morgan fingerprint density at radius 2 is 2.19 bits per heavy atom.